The first-order chi connectivity index (χ1) is 14.7. The zero-order chi connectivity index (χ0) is 22.6. The van der Waals surface area contributed by atoms with Crippen molar-refractivity contribution in [2.75, 3.05) is 45.7 Å². The molecule has 2 aromatic carbocycles. The molecule has 0 aliphatic carbocycles. The summed E-state index contributed by atoms with van der Waals surface area (Å²) in [6.07, 6.45) is 0. The van der Waals surface area contributed by atoms with Crippen molar-refractivity contribution in [3.8, 4) is 0 Å². The first-order valence-corrected chi connectivity index (χ1v) is 11.6. The number of rotatable bonds is 6. The fourth-order valence-corrected chi connectivity index (χ4v) is 4.83. The average molecular weight is 446 g/mol. The smallest absolute Gasteiger partial charge is 0.337 e. The van der Waals surface area contributed by atoms with E-state index in [4.69, 9.17) is 4.74 Å². The van der Waals surface area contributed by atoms with Crippen molar-refractivity contribution < 1.29 is 22.7 Å². The van der Waals surface area contributed by atoms with E-state index in [-0.39, 0.29) is 11.7 Å². The molecule has 1 heterocycles. The van der Waals surface area contributed by atoms with Gasteiger partial charge in [0.1, 0.15) is 0 Å². The van der Waals surface area contributed by atoms with Crippen molar-refractivity contribution in [1.29, 1.82) is 0 Å². The van der Waals surface area contributed by atoms with Crippen LogP contribution in [-0.2, 0) is 20.5 Å². The maximum atomic E-state index is 12.7. The van der Waals surface area contributed by atoms with Crippen molar-refractivity contribution >= 4 is 27.6 Å². The lowest BCUT2D eigenvalue weighted by molar-refractivity contribution is 0.0600. The predicted molar refractivity (Wildman–Crippen MR) is 119 cm³/mol. The van der Waals surface area contributed by atoms with Crippen LogP contribution >= 0.6 is 0 Å². The molecule has 1 aliphatic rings. The summed E-state index contributed by atoms with van der Waals surface area (Å²) in [5, 5.41) is 2.79. The highest BCUT2D eigenvalue weighted by Crippen LogP contribution is 2.19. The Morgan fingerprint density at radius 1 is 1.00 bits per heavy atom. The van der Waals surface area contributed by atoms with Crippen LogP contribution in [0, 0.1) is 6.92 Å². The zero-order valence-corrected chi connectivity index (χ0v) is 18.7. The summed E-state index contributed by atoms with van der Waals surface area (Å²) in [4.78, 5) is 26.5. The van der Waals surface area contributed by atoms with Crippen molar-refractivity contribution in [3.05, 3.63) is 64.7 Å². The van der Waals surface area contributed by atoms with Crippen LogP contribution in [0.2, 0.25) is 0 Å². The van der Waals surface area contributed by atoms with E-state index in [1.807, 2.05) is 14.0 Å². The standard InChI is InChI=1S/C22H27N3O5S/c1-16-4-7-19(22(27)30-3)14-20(16)23-21(26)18-8-5-17(6-9-18)15-31(28,29)25-12-10-24(2)11-13-25/h4-9,14H,10-13,15H2,1-3H3,(H,23,26). The van der Waals surface area contributed by atoms with Crippen LogP contribution < -0.4 is 5.32 Å². The van der Waals surface area contributed by atoms with Gasteiger partial charge in [-0.3, -0.25) is 4.79 Å². The highest BCUT2D eigenvalue weighted by molar-refractivity contribution is 7.88. The lowest BCUT2D eigenvalue weighted by Gasteiger charge is -2.31. The van der Waals surface area contributed by atoms with E-state index in [9.17, 15) is 18.0 Å². The van der Waals surface area contributed by atoms with Gasteiger partial charge in [-0.2, -0.15) is 4.31 Å². The van der Waals surface area contributed by atoms with Gasteiger partial charge in [0.15, 0.2) is 0 Å². The fraction of sp³-hybridized carbons (Fsp3) is 0.364. The molecule has 1 saturated heterocycles. The minimum Gasteiger partial charge on any atom is -0.465 e. The van der Waals surface area contributed by atoms with E-state index in [1.165, 1.54) is 11.4 Å². The summed E-state index contributed by atoms with van der Waals surface area (Å²) in [5.74, 6) is -0.932. The minimum atomic E-state index is -3.40. The quantitative estimate of drug-likeness (QED) is 0.685. The van der Waals surface area contributed by atoms with E-state index in [2.05, 4.69) is 10.2 Å². The Morgan fingerprint density at radius 2 is 1.61 bits per heavy atom. The molecule has 1 aliphatic heterocycles. The van der Waals surface area contributed by atoms with Gasteiger partial charge in [0.25, 0.3) is 5.91 Å². The number of nitrogens with zero attached hydrogens (tertiary/aromatic N) is 2. The Bertz CT molecular complexity index is 1060. The Balaban J connectivity index is 1.67. The molecule has 3 rings (SSSR count). The predicted octanol–water partition coefficient (Wildman–Crippen LogP) is 2.11. The lowest BCUT2D eigenvalue weighted by atomic mass is 10.1. The number of likely N-dealkylation sites (N-methyl/N-ethyl adjacent to an activating group) is 1. The van der Waals surface area contributed by atoms with Gasteiger partial charge in [-0.1, -0.05) is 18.2 Å². The summed E-state index contributed by atoms with van der Waals surface area (Å²) < 4.78 is 31.6. The van der Waals surface area contributed by atoms with E-state index >= 15 is 0 Å². The maximum Gasteiger partial charge on any atom is 0.337 e. The van der Waals surface area contributed by atoms with Gasteiger partial charge in [-0.05, 0) is 49.4 Å². The number of carbonyl (C=O) groups excluding carboxylic acids is 2. The molecule has 0 aromatic heterocycles. The molecule has 1 amide bonds. The van der Waals surface area contributed by atoms with Crippen LogP contribution in [0.1, 0.15) is 31.8 Å². The second kappa shape index (κ2) is 9.59. The number of hydrogen-bond acceptors (Lipinski definition) is 6. The van der Waals surface area contributed by atoms with E-state index in [0.717, 1.165) is 18.7 Å². The normalized spacial score (nSPS) is 15.5. The van der Waals surface area contributed by atoms with Crippen LogP contribution in [0.25, 0.3) is 0 Å². The summed E-state index contributed by atoms with van der Waals surface area (Å²) in [6.45, 7) is 4.24. The number of carbonyl (C=O) groups is 2. The van der Waals surface area contributed by atoms with E-state index in [1.54, 1.807) is 42.5 Å². The molecule has 0 atom stereocenters. The second-order valence-corrected chi connectivity index (χ2v) is 9.60. The number of sulfonamides is 1. The lowest BCUT2D eigenvalue weighted by Crippen LogP contribution is -2.47. The largest absolute Gasteiger partial charge is 0.465 e. The molecule has 166 valence electrons. The molecule has 0 bridgehead atoms. The molecule has 0 unspecified atom stereocenters. The average Bonchev–Trinajstić information content (AvgIpc) is 2.75. The van der Waals surface area contributed by atoms with Crippen LogP contribution in [0.3, 0.4) is 0 Å². The highest BCUT2D eigenvalue weighted by Gasteiger charge is 2.25. The summed E-state index contributed by atoms with van der Waals surface area (Å²) >= 11 is 0. The topological polar surface area (TPSA) is 96.0 Å². The van der Waals surface area contributed by atoms with Crippen molar-refractivity contribution in [3.63, 3.8) is 0 Å². The van der Waals surface area contributed by atoms with Gasteiger partial charge in [0.05, 0.1) is 18.4 Å². The molecule has 2 aromatic rings. The fourth-order valence-electron chi connectivity index (χ4n) is 3.32. The van der Waals surface area contributed by atoms with Gasteiger partial charge in [-0.15, -0.1) is 0 Å². The Morgan fingerprint density at radius 3 is 2.23 bits per heavy atom. The van der Waals surface area contributed by atoms with Gasteiger partial charge >= 0.3 is 5.97 Å². The van der Waals surface area contributed by atoms with Crippen LogP contribution in [0.5, 0.6) is 0 Å². The van der Waals surface area contributed by atoms with Crippen LogP contribution in [0.4, 0.5) is 5.69 Å². The number of methoxy groups -OCH3 is 1. The number of esters is 1. The molecule has 1 fully saturated rings. The second-order valence-electron chi connectivity index (χ2n) is 7.63. The molecule has 1 N–H and O–H groups in total. The first-order valence-electron chi connectivity index (χ1n) is 9.95. The number of hydrogen-bond donors (Lipinski definition) is 1. The summed E-state index contributed by atoms with van der Waals surface area (Å²) in [6, 6.07) is 11.4. The molecule has 0 radical (unpaired) electrons. The van der Waals surface area contributed by atoms with E-state index < -0.39 is 16.0 Å². The summed E-state index contributed by atoms with van der Waals surface area (Å²) in [7, 11) is -0.130. The number of amides is 1. The molecule has 9 heteroatoms. The third-order valence-corrected chi connectivity index (χ3v) is 7.18. The third-order valence-electron chi connectivity index (χ3n) is 5.33. The van der Waals surface area contributed by atoms with Crippen molar-refractivity contribution in [2.24, 2.45) is 0 Å². The van der Waals surface area contributed by atoms with Gasteiger partial charge < -0.3 is 15.0 Å². The Hall–Kier alpha value is -2.75. The van der Waals surface area contributed by atoms with Crippen molar-refractivity contribution in [1.82, 2.24) is 9.21 Å². The number of ether oxygens (including phenoxy) is 1. The molecule has 0 saturated carbocycles. The van der Waals surface area contributed by atoms with Gasteiger partial charge in [-0.25, -0.2) is 13.2 Å². The van der Waals surface area contributed by atoms with Crippen LogP contribution in [0.15, 0.2) is 42.5 Å². The molecule has 31 heavy (non-hydrogen) atoms. The molecule has 8 nitrogen and oxygen atoms in total. The monoisotopic (exact) mass is 445 g/mol. The molecule has 0 spiro atoms. The third kappa shape index (κ3) is 5.69. The molecular formula is C22H27N3O5S. The first kappa shape index (κ1) is 22.9. The SMILES string of the molecule is COC(=O)c1ccc(C)c(NC(=O)c2ccc(CS(=O)(=O)N3CCN(C)CC3)cc2)c1. The number of aryl methyl sites for hydroxylation is 1. The maximum absolute atomic E-state index is 12.7. The Labute approximate surface area is 182 Å². The van der Waals surface area contributed by atoms with Crippen molar-refractivity contribution in [2.45, 2.75) is 12.7 Å². The zero-order valence-electron chi connectivity index (χ0n) is 17.9. The number of benzene rings is 2. The number of piperazine rings is 1. The Kier molecular flexibility index (Phi) is 7.09. The minimum absolute atomic E-state index is 0.0983. The molecular weight excluding hydrogens is 418 g/mol. The number of anilines is 1. The van der Waals surface area contributed by atoms with Crippen LogP contribution in [-0.4, -0.2) is 69.8 Å². The van der Waals surface area contributed by atoms with E-state index in [0.29, 0.717) is 35.5 Å². The van der Waals surface area contributed by atoms with Gasteiger partial charge in [0, 0.05) is 37.4 Å². The van der Waals surface area contributed by atoms with Gasteiger partial charge in [0.2, 0.25) is 10.0 Å². The highest BCUT2D eigenvalue weighted by atomic mass is 32.2. The summed E-state index contributed by atoms with van der Waals surface area (Å²) in [5.41, 5.74) is 2.67. The number of nitrogens with one attached hydrogen (secondary N) is 1.